The van der Waals surface area contributed by atoms with Crippen molar-refractivity contribution in [1.29, 1.82) is 0 Å². The molecule has 3 aromatic rings. The lowest BCUT2D eigenvalue weighted by atomic mass is 10.0. The highest BCUT2D eigenvalue weighted by molar-refractivity contribution is 7.90. The third-order valence-corrected chi connectivity index (χ3v) is 5.46. The molecule has 0 N–H and O–H groups in total. The fraction of sp³-hybridized carbons (Fsp3) is 0.200. The predicted molar refractivity (Wildman–Crippen MR) is 101 cm³/mol. The molecule has 0 aliphatic carbocycles. The third-order valence-electron chi connectivity index (χ3n) is 4.31. The van der Waals surface area contributed by atoms with Crippen molar-refractivity contribution < 1.29 is 22.4 Å². The summed E-state index contributed by atoms with van der Waals surface area (Å²) in [6, 6.07) is 10.7. The Balaban J connectivity index is 1.95. The molecule has 0 saturated carbocycles. The maximum atomic E-state index is 12.4. The van der Waals surface area contributed by atoms with E-state index in [1.54, 1.807) is 12.1 Å². The fourth-order valence-corrected chi connectivity index (χ4v) is 3.66. The summed E-state index contributed by atoms with van der Waals surface area (Å²) in [5, 5.41) is 0.668. The zero-order valence-corrected chi connectivity index (χ0v) is 15.9. The maximum Gasteiger partial charge on any atom is 0.339 e. The Bertz CT molecular complexity index is 1200. The van der Waals surface area contributed by atoms with Crippen molar-refractivity contribution >= 4 is 26.8 Å². The van der Waals surface area contributed by atoms with Crippen LogP contribution in [0.3, 0.4) is 0 Å². The molecule has 0 radical (unpaired) electrons. The Labute approximate surface area is 156 Å². The molecule has 0 bridgehead atoms. The van der Waals surface area contributed by atoms with Gasteiger partial charge in [0.1, 0.15) is 12.2 Å². The minimum atomic E-state index is -3.58. The van der Waals surface area contributed by atoms with Crippen LogP contribution in [0.5, 0.6) is 0 Å². The van der Waals surface area contributed by atoms with Crippen LogP contribution in [0, 0.1) is 13.8 Å². The third kappa shape index (κ3) is 3.93. The highest BCUT2D eigenvalue weighted by Gasteiger charge is 2.20. The Hall–Kier alpha value is -2.93. The number of ether oxygens (including phenoxy) is 1. The van der Waals surface area contributed by atoms with E-state index in [1.807, 2.05) is 19.9 Å². The number of esters is 1. The molecule has 1 aromatic heterocycles. The van der Waals surface area contributed by atoms with E-state index in [1.165, 1.54) is 24.3 Å². The molecular formula is C20H18O6S. The topological polar surface area (TPSA) is 90.7 Å². The summed E-state index contributed by atoms with van der Waals surface area (Å²) < 4.78 is 34.2. The summed E-state index contributed by atoms with van der Waals surface area (Å²) in [6.45, 7) is 3.66. The molecule has 0 aliphatic heterocycles. The Morgan fingerprint density at radius 1 is 1.07 bits per heavy atom. The monoisotopic (exact) mass is 386 g/mol. The van der Waals surface area contributed by atoms with Crippen LogP contribution >= 0.6 is 0 Å². The lowest BCUT2D eigenvalue weighted by Crippen LogP contribution is -2.12. The average molecular weight is 386 g/mol. The maximum absolute atomic E-state index is 12.4. The molecule has 6 nitrogen and oxygen atoms in total. The molecule has 0 atom stereocenters. The van der Waals surface area contributed by atoms with Gasteiger partial charge >= 0.3 is 11.6 Å². The molecule has 0 aliphatic rings. The molecule has 140 valence electrons. The van der Waals surface area contributed by atoms with Crippen molar-refractivity contribution in [3.63, 3.8) is 0 Å². The lowest BCUT2D eigenvalue weighted by molar-refractivity contribution is 0.0469. The van der Waals surface area contributed by atoms with Crippen molar-refractivity contribution in [3.8, 4) is 0 Å². The first-order valence-corrected chi connectivity index (χ1v) is 10.1. The highest BCUT2D eigenvalue weighted by Crippen LogP contribution is 2.23. The van der Waals surface area contributed by atoms with Gasteiger partial charge in [0.15, 0.2) is 9.84 Å². The Kier molecular flexibility index (Phi) is 4.89. The second kappa shape index (κ2) is 7.00. The van der Waals surface area contributed by atoms with Gasteiger partial charge in [0, 0.05) is 23.3 Å². The molecule has 0 spiro atoms. The Morgan fingerprint density at radius 2 is 1.74 bits per heavy atom. The molecule has 0 amide bonds. The molecule has 0 fully saturated rings. The predicted octanol–water partition coefficient (Wildman–Crippen LogP) is 3.17. The number of aryl methyl sites for hydroxylation is 2. The van der Waals surface area contributed by atoms with Gasteiger partial charge < -0.3 is 9.15 Å². The van der Waals surface area contributed by atoms with Crippen molar-refractivity contribution in [2.24, 2.45) is 0 Å². The summed E-state index contributed by atoms with van der Waals surface area (Å²) in [7, 11) is -3.58. The van der Waals surface area contributed by atoms with Crippen molar-refractivity contribution in [2.75, 3.05) is 6.26 Å². The van der Waals surface area contributed by atoms with Gasteiger partial charge in [-0.2, -0.15) is 0 Å². The largest absolute Gasteiger partial charge is 0.457 e. The van der Waals surface area contributed by atoms with Crippen molar-refractivity contribution in [1.82, 2.24) is 0 Å². The van der Waals surface area contributed by atoms with Crippen LogP contribution in [0.25, 0.3) is 11.0 Å². The minimum absolute atomic E-state index is 0.0423. The molecule has 27 heavy (non-hydrogen) atoms. The van der Waals surface area contributed by atoms with Gasteiger partial charge in [-0.15, -0.1) is 0 Å². The van der Waals surface area contributed by atoms with Gasteiger partial charge in [0.05, 0.1) is 10.5 Å². The lowest BCUT2D eigenvalue weighted by Gasteiger charge is -2.10. The van der Waals surface area contributed by atoms with E-state index in [9.17, 15) is 18.0 Å². The molecule has 3 rings (SSSR count). The smallest absolute Gasteiger partial charge is 0.339 e. The van der Waals surface area contributed by atoms with E-state index in [2.05, 4.69) is 0 Å². The summed E-state index contributed by atoms with van der Waals surface area (Å²) >= 11 is 0. The van der Waals surface area contributed by atoms with E-state index < -0.39 is 21.4 Å². The van der Waals surface area contributed by atoms with E-state index in [0.29, 0.717) is 16.5 Å². The van der Waals surface area contributed by atoms with Crippen molar-refractivity contribution in [2.45, 2.75) is 25.3 Å². The first kappa shape index (κ1) is 18.8. The quantitative estimate of drug-likeness (QED) is 0.505. The average Bonchev–Trinajstić information content (AvgIpc) is 2.60. The minimum Gasteiger partial charge on any atom is -0.457 e. The van der Waals surface area contributed by atoms with Crippen molar-refractivity contribution in [3.05, 3.63) is 75.1 Å². The van der Waals surface area contributed by atoms with Crippen LogP contribution in [-0.4, -0.2) is 20.6 Å². The van der Waals surface area contributed by atoms with Gasteiger partial charge in [0.25, 0.3) is 0 Å². The number of fused-ring (bicyclic) bond motifs is 1. The molecule has 7 heteroatoms. The summed E-state index contributed by atoms with van der Waals surface area (Å²) in [5.74, 6) is -0.777. The van der Waals surface area contributed by atoms with E-state index in [4.69, 9.17) is 9.15 Å². The van der Waals surface area contributed by atoms with Gasteiger partial charge in [-0.3, -0.25) is 0 Å². The standard InChI is InChI=1S/C20H18O6S/c1-12-8-16-14(10-19(21)26-17(16)9-13(12)2)11-25-20(22)15-6-4-5-7-18(15)27(3,23)24/h4-10H,11H2,1-3H3. The molecule has 0 unspecified atom stereocenters. The second-order valence-electron chi connectivity index (χ2n) is 6.37. The molecule has 1 heterocycles. The van der Waals surface area contributed by atoms with Gasteiger partial charge in [-0.25, -0.2) is 18.0 Å². The van der Waals surface area contributed by atoms with Gasteiger partial charge in [-0.1, -0.05) is 12.1 Å². The number of sulfone groups is 1. The summed E-state index contributed by atoms with van der Waals surface area (Å²) in [6.07, 6.45) is 1.03. The van der Waals surface area contributed by atoms with Gasteiger partial charge in [-0.05, 0) is 49.2 Å². The number of hydrogen-bond donors (Lipinski definition) is 0. The SMILES string of the molecule is Cc1cc2oc(=O)cc(COC(=O)c3ccccc3S(C)(=O)=O)c2cc1C. The van der Waals surface area contributed by atoms with Crippen LogP contribution in [0.2, 0.25) is 0 Å². The summed E-state index contributed by atoms with van der Waals surface area (Å²) in [5.41, 5.74) is 2.29. The van der Waals surface area contributed by atoms with Crippen LogP contribution in [0.4, 0.5) is 0 Å². The number of benzene rings is 2. The number of carbonyl (C=O) groups excluding carboxylic acids is 1. The Morgan fingerprint density at radius 3 is 2.44 bits per heavy atom. The first-order valence-electron chi connectivity index (χ1n) is 8.17. The number of rotatable bonds is 4. The fourth-order valence-electron chi connectivity index (χ4n) is 2.78. The van der Waals surface area contributed by atoms with Crippen LogP contribution in [0.15, 0.2) is 56.6 Å². The highest BCUT2D eigenvalue weighted by atomic mass is 32.2. The second-order valence-corrected chi connectivity index (χ2v) is 8.35. The summed E-state index contributed by atoms with van der Waals surface area (Å²) in [4.78, 5) is 24.2. The van der Waals surface area contributed by atoms with Crippen LogP contribution in [0.1, 0.15) is 27.0 Å². The van der Waals surface area contributed by atoms with Gasteiger partial charge in [0.2, 0.25) is 0 Å². The first-order chi connectivity index (χ1) is 12.7. The zero-order chi connectivity index (χ0) is 19.8. The van der Waals surface area contributed by atoms with E-state index in [-0.39, 0.29) is 17.1 Å². The molecule has 0 saturated heterocycles. The normalized spacial score (nSPS) is 11.5. The molecular weight excluding hydrogens is 368 g/mol. The number of hydrogen-bond acceptors (Lipinski definition) is 6. The van der Waals surface area contributed by atoms with E-state index >= 15 is 0 Å². The molecule has 2 aromatic carbocycles. The van der Waals surface area contributed by atoms with E-state index in [0.717, 1.165) is 17.4 Å². The van der Waals surface area contributed by atoms with Crippen LogP contribution in [-0.2, 0) is 21.2 Å². The van der Waals surface area contributed by atoms with Crippen LogP contribution < -0.4 is 5.63 Å². The zero-order valence-electron chi connectivity index (χ0n) is 15.1. The number of carbonyl (C=O) groups is 1.